The minimum absolute atomic E-state index is 0.186. The Bertz CT molecular complexity index is 1220. The molecule has 2 aromatic carbocycles. The van der Waals surface area contributed by atoms with Crippen LogP contribution in [0.2, 0.25) is 0 Å². The number of hydrogen-bond donors (Lipinski definition) is 2. The summed E-state index contributed by atoms with van der Waals surface area (Å²) in [6.07, 6.45) is 1.20. The number of rotatable bonds is 5. The average molecular weight is 462 g/mol. The minimum atomic E-state index is -0.821. The molecule has 176 valence electrons. The lowest BCUT2D eigenvalue weighted by atomic mass is 9.96. The molecule has 9 nitrogen and oxygen atoms in total. The molecule has 2 aliphatic rings. The molecule has 1 aromatic heterocycles. The van der Waals surface area contributed by atoms with Gasteiger partial charge in [-0.3, -0.25) is 14.5 Å². The maximum atomic E-state index is 13.4. The average Bonchev–Trinajstić information content (AvgIpc) is 3.43. The Kier molecular flexibility index (Phi) is 5.91. The van der Waals surface area contributed by atoms with Crippen molar-refractivity contribution in [2.75, 3.05) is 24.5 Å². The predicted molar refractivity (Wildman–Crippen MR) is 126 cm³/mol. The second kappa shape index (κ2) is 9.17. The van der Waals surface area contributed by atoms with Gasteiger partial charge in [0.1, 0.15) is 6.04 Å². The predicted octanol–water partition coefficient (Wildman–Crippen LogP) is 2.50. The van der Waals surface area contributed by atoms with Gasteiger partial charge in [0.2, 0.25) is 11.9 Å². The number of carbonyl (C=O) groups excluding carboxylic acids is 2. The fourth-order valence-electron chi connectivity index (χ4n) is 4.83. The first-order valence-corrected chi connectivity index (χ1v) is 11.6. The van der Waals surface area contributed by atoms with E-state index in [1.807, 2.05) is 59.2 Å². The molecule has 34 heavy (non-hydrogen) atoms. The van der Waals surface area contributed by atoms with Crippen molar-refractivity contribution in [3.63, 3.8) is 0 Å². The van der Waals surface area contributed by atoms with E-state index in [9.17, 15) is 19.5 Å². The Balaban J connectivity index is 1.34. The molecule has 0 spiro atoms. The standard InChI is InChI=1S/C25H27N5O4/c31-22(28-12-10-18(11-13-28)23(32)33)20(16-17-6-2-1-3-7-17)27-25(34)30-15-14-29-21-9-5-4-8-19(21)26-24(29)30/h1-9,18,20H,10-16H2,(H,27,34)(H,32,33)/t20-/m0/s1. The first-order chi connectivity index (χ1) is 16.5. The van der Waals surface area contributed by atoms with Crippen LogP contribution in [0, 0.1) is 5.92 Å². The zero-order chi connectivity index (χ0) is 23.7. The second-order valence-corrected chi connectivity index (χ2v) is 8.83. The van der Waals surface area contributed by atoms with Crippen LogP contribution in [0.25, 0.3) is 11.0 Å². The number of anilines is 1. The van der Waals surface area contributed by atoms with Crippen LogP contribution in [0.4, 0.5) is 10.7 Å². The Labute approximate surface area is 197 Å². The van der Waals surface area contributed by atoms with Crippen molar-refractivity contribution in [1.29, 1.82) is 0 Å². The van der Waals surface area contributed by atoms with Crippen LogP contribution in [-0.2, 0) is 22.6 Å². The Morgan fingerprint density at radius 3 is 2.41 bits per heavy atom. The highest BCUT2D eigenvalue weighted by Gasteiger charge is 2.34. The molecule has 1 saturated heterocycles. The number of nitrogens with zero attached hydrogens (tertiary/aromatic N) is 4. The zero-order valence-corrected chi connectivity index (χ0v) is 18.8. The first kappa shape index (κ1) is 21.9. The van der Waals surface area contributed by atoms with Crippen molar-refractivity contribution in [3.05, 3.63) is 60.2 Å². The van der Waals surface area contributed by atoms with E-state index in [4.69, 9.17) is 0 Å². The summed E-state index contributed by atoms with van der Waals surface area (Å²) in [6.45, 7) is 1.87. The third-order valence-corrected chi connectivity index (χ3v) is 6.70. The molecule has 0 saturated carbocycles. The molecule has 5 rings (SSSR count). The molecule has 2 aliphatic heterocycles. The van der Waals surface area contributed by atoms with Crippen LogP contribution in [0.5, 0.6) is 0 Å². The van der Waals surface area contributed by atoms with Gasteiger partial charge in [0.25, 0.3) is 0 Å². The Morgan fingerprint density at radius 1 is 0.971 bits per heavy atom. The van der Waals surface area contributed by atoms with E-state index in [1.54, 1.807) is 9.80 Å². The Hall–Kier alpha value is -3.88. The van der Waals surface area contributed by atoms with Gasteiger partial charge in [-0.1, -0.05) is 42.5 Å². The van der Waals surface area contributed by atoms with E-state index in [-0.39, 0.29) is 11.9 Å². The lowest BCUT2D eigenvalue weighted by Crippen LogP contribution is -2.54. The maximum Gasteiger partial charge on any atom is 0.324 e. The number of likely N-dealkylation sites (tertiary alicyclic amines) is 1. The fourth-order valence-corrected chi connectivity index (χ4v) is 4.83. The number of fused-ring (bicyclic) bond motifs is 3. The molecule has 1 fully saturated rings. The number of carboxylic acids is 1. The van der Waals surface area contributed by atoms with E-state index >= 15 is 0 Å². The molecule has 9 heteroatoms. The molecule has 3 aromatic rings. The minimum Gasteiger partial charge on any atom is -0.481 e. The highest BCUT2D eigenvalue weighted by molar-refractivity contribution is 5.96. The van der Waals surface area contributed by atoms with Crippen molar-refractivity contribution in [3.8, 4) is 0 Å². The largest absolute Gasteiger partial charge is 0.481 e. The SMILES string of the molecule is O=C(O)C1CCN(C(=O)[C@H](Cc2ccccc2)NC(=O)N2CCn3c2nc2ccccc23)CC1. The van der Waals surface area contributed by atoms with Crippen LogP contribution in [0.1, 0.15) is 18.4 Å². The number of amides is 3. The van der Waals surface area contributed by atoms with Gasteiger partial charge in [-0.25, -0.2) is 9.78 Å². The lowest BCUT2D eigenvalue weighted by molar-refractivity contribution is -0.146. The summed E-state index contributed by atoms with van der Waals surface area (Å²) in [5.41, 5.74) is 2.74. The number of nitrogens with one attached hydrogen (secondary N) is 1. The maximum absolute atomic E-state index is 13.4. The third-order valence-electron chi connectivity index (χ3n) is 6.70. The quantitative estimate of drug-likeness (QED) is 0.607. The number of para-hydroxylation sites is 2. The summed E-state index contributed by atoms with van der Waals surface area (Å²) in [5, 5.41) is 12.2. The molecule has 0 radical (unpaired) electrons. The summed E-state index contributed by atoms with van der Waals surface area (Å²) in [4.78, 5) is 45.9. The van der Waals surface area contributed by atoms with Gasteiger partial charge in [0.15, 0.2) is 0 Å². The number of aliphatic carboxylic acids is 1. The highest BCUT2D eigenvalue weighted by Crippen LogP contribution is 2.27. The topological polar surface area (TPSA) is 108 Å². The van der Waals surface area contributed by atoms with E-state index in [1.165, 1.54) is 0 Å². The number of aromatic nitrogens is 2. The van der Waals surface area contributed by atoms with Crippen molar-refractivity contribution in [2.45, 2.75) is 31.8 Å². The van der Waals surface area contributed by atoms with Crippen molar-refractivity contribution >= 4 is 34.9 Å². The van der Waals surface area contributed by atoms with Gasteiger partial charge >= 0.3 is 12.0 Å². The number of piperidine rings is 1. The lowest BCUT2D eigenvalue weighted by Gasteiger charge is -2.33. The fraction of sp³-hybridized carbons (Fsp3) is 0.360. The van der Waals surface area contributed by atoms with Gasteiger partial charge in [-0.2, -0.15) is 0 Å². The van der Waals surface area contributed by atoms with Crippen molar-refractivity contribution in [2.24, 2.45) is 5.92 Å². The van der Waals surface area contributed by atoms with Gasteiger partial charge < -0.3 is 19.9 Å². The Morgan fingerprint density at radius 2 is 1.68 bits per heavy atom. The summed E-state index contributed by atoms with van der Waals surface area (Å²) < 4.78 is 2.01. The van der Waals surface area contributed by atoms with Crippen LogP contribution in [0.3, 0.4) is 0 Å². The summed E-state index contributed by atoms with van der Waals surface area (Å²) >= 11 is 0. The van der Waals surface area contributed by atoms with Crippen LogP contribution >= 0.6 is 0 Å². The number of hydrogen-bond acceptors (Lipinski definition) is 4. The van der Waals surface area contributed by atoms with E-state index in [0.717, 1.165) is 16.6 Å². The highest BCUT2D eigenvalue weighted by atomic mass is 16.4. The normalized spacial score (nSPS) is 16.9. The molecular weight excluding hydrogens is 434 g/mol. The number of imidazole rings is 1. The molecule has 0 aliphatic carbocycles. The van der Waals surface area contributed by atoms with Gasteiger partial charge in [0, 0.05) is 32.6 Å². The smallest absolute Gasteiger partial charge is 0.324 e. The van der Waals surface area contributed by atoms with Gasteiger partial charge in [-0.15, -0.1) is 0 Å². The summed E-state index contributed by atoms with van der Waals surface area (Å²) in [6, 6.07) is 16.2. The first-order valence-electron chi connectivity index (χ1n) is 11.6. The number of carbonyl (C=O) groups is 3. The van der Waals surface area contributed by atoms with E-state index in [0.29, 0.717) is 51.4 Å². The number of benzene rings is 2. The van der Waals surface area contributed by atoms with Crippen LogP contribution in [-0.4, -0.2) is 63.1 Å². The monoisotopic (exact) mass is 461 g/mol. The molecule has 3 amide bonds. The van der Waals surface area contributed by atoms with E-state index in [2.05, 4.69) is 10.3 Å². The van der Waals surface area contributed by atoms with Crippen LogP contribution < -0.4 is 10.2 Å². The zero-order valence-electron chi connectivity index (χ0n) is 18.8. The number of carboxylic acid groups (broad SMARTS) is 1. The molecule has 1 atom stereocenters. The summed E-state index contributed by atoms with van der Waals surface area (Å²) in [5.74, 6) is -0.859. The van der Waals surface area contributed by atoms with Gasteiger partial charge in [-0.05, 0) is 30.5 Å². The number of urea groups is 1. The molecule has 2 N–H and O–H groups in total. The van der Waals surface area contributed by atoms with Crippen LogP contribution in [0.15, 0.2) is 54.6 Å². The van der Waals surface area contributed by atoms with Gasteiger partial charge in [0.05, 0.1) is 17.0 Å². The molecule has 0 unspecified atom stereocenters. The molecule has 3 heterocycles. The molecular formula is C25H27N5O4. The molecule has 0 bridgehead atoms. The van der Waals surface area contributed by atoms with Crippen molar-refractivity contribution < 1.29 is 19.5 Å². The second-order valence-electron chi connectivity index (χ2n) is 8.83. The van der Waals surface area contributed by atoms with E-state index < -0.39 is 17.9 Å². The summed E-state index contributed by atoms with van der Waals surface area (Å²) in [7, 11) is 0. The third kappa shape index (κ3) is 4.21. The van der Waals surface area contributed by atoms with Crippen molar-refractivity contribution in [1.82, 2.24) is 19.8 Å².